The van der Waals surface area contributed by atoms with E-state index >= 15 is 0 Å². The first kappa shape index (κ1) is 16.3. The van der Waals surface area contributed by atoms with Crippen molar-refractivity contribution in [3.63, 3.8) is 0 Å². The molecule has 0 radical (unpaired) electrons. The molecule has 0 saturated carbocycles. The van der Waals surface area contributed by atoms with Gasteiger partial charge in [0.15, 0.2) is 6.10 Å². The summed E-state index contributed by atoms with van der Waals surface area (Å²) in [4.78, 5) is 23.3. The third-order valence-corrected chi connectivity index (χ3v) is 0.927. The summed E-state index contributed by atoms with van der Waals surface area (Å²) in [5.41, 5.74) is -0.403. The second kappa shape index (κ2) is 7.16. The zero-order chi connectivity index (χ0) is 12.6. The average Bonchev–Trinajstić information content (AvgIpc) is 2.02. The molecule has 0 aromatic heterocycles. The lowest BCUT2D eigenvalue weighted by Gasteiger charge is -2.10. The highest BCUT2D eigenvalue weighted by molar-refractivity contribution is 5.79. The molecule has 15 heavy (non-hydrogen) atoms. The number of hydrogen-bond donors (Lipinski definition) is 4. The summed E-state index contributed by atoms with van der Waals surface area (Å²) in [6.45, 7) is 5.31. The Labute approximate surface area is 86.8 Å². The zero-order valence-electron chi connectivity index (χ0n) is 8.80. The zero-order valence-corrected chi connectivity index (χ0v) is 8.80. The molecule has 0 saturated heterocycles. The number of carboxylic acids is 2. The lowest BCUT2D eigenvalue weighted by Crippen LogP contribution is -2.22. The van der Waals surface area contributed by atoms with Gasteiger partial charge >= 0.3 is 11.9 Å². The van der Waals surface area contributed by atoms with Gasteiger partial charge in [0.05, 0.1) is 12.0 Å². The van der Waals surface area contributed by atoms with E-state index < -0.39 is 30.1 Å². The van der Waals surface area contributed by atoms with Gasteiger partial charge in [-0.3, -0.25) is 10.1 Å². The molecule has 0 spiro atoms. The van der Waals surface area contributed by atoms with Crippen LogP contribution in [0.4, 0.5) is 0 Å². The Morgan fingerprint density at radius 3 is 1.67 bits per heavy atom. The van der Waals surface area contributed by atoms with Crippen molar-refractivity contribution in [3.8, 4) is 0 Å². The molecule has 4 N–H and O–H groups in total. The van der Waals surface area contributed by atoms with Crippen LogP contribution in [0.5, 0.6) is 0 Å². The second-order valence-electron chi connectivity index (χ2n) is 3.66. The Morgan fingerprint density at radius 1 is 1.27 bits per heavy atom. The first-order chi connectivity index (χ1) is 6.60. The Hall–Kier alpha value is -1.18. The molecule has 0 fully saturated rings. The van der Waals surface area contributed by atoms with Crippen LogP contribution in [-0.4, -0.2) is 44.2 Å². The minimum Gasteiger partial charge on any atom is -0.481 e. The van der Waals surface area contributed by atoms with Crippen molar-refractivity contribution in [2.75, 3.05) is 0 Å². The SMILES string of the molecule is CC(C)(C)OO.O=C(O)CC(O)C(=O)O. The van der Waals surface area contributed by atoms with Gasteiger partial charge < -0.3 is 15.3 Å². The van der Waals surface area contributed by atoms with E-state index in [1.807, 2.05) is 0 Å². The van der Waals surface area contributed by atoms with Crippen LogP contribution in [0.25, 0.3) is 0 Å². The van der Waals surface area contributed by atoms with Crippen LogP contribution in [0.2, 0.25) is 0 Å². The van der Waals surface area contributed by atoms with E-state index in [1.54, 1.807) is 20.8 Å². The quantitative estimate of drug-likeness (QED) is 0.398. The Morgan fingerprint density at radius 2 is 1.60 bits per heavy atom. The summed E-state index contributed by atoms with van der Waals surface area (Å²) < 4.78 is 0. The number of carbonyl (C=O) groups is 2. The van der Waals surface area contributed by atoms with Crippen molar-refractivity contribution in [2.45, 2.75) is 38.9 Å². The van der Waals surface area contributed by atoms with Crippen molar-refractivity contribution >= 4 is 11.9 Å². The van der Waals surface area contributed by atoms with E-state index in [0.717, 1.165) is 0 Å². The fourth-order valence-electron chi connectivity index (χ4n) is 0.253. The van der Waals surface area contributed by atoms with E-state index in [2.05, 4.69) is 4.89 Å². The van der Waals surface area contributed by atoms with Crippen molar-refractivity contribution in [1.29, 1.82) is 0 Å². The molecular weight excluding hydrogens is 208 g/mol. The number of aliphatic hydroxyl groups is 1. The molecule has 7 nitrogen and oxygen atoms in total. The third-order valence-electron chi connectivity index (χ3n) is 0.927. The van der Waals surface area contributed by atoms with Crippen molar-refractivity contribution in [3.05, 3.63) is 0 Å². The van der Waals surface area contributed by atoms with E-state index in [-0.39, 0.29) is 0 Å². The largest absolute Gasteiger partial charge is 0.481 e. The molecular formula is C8H16O7. The summed E-state index contributed by atoms with van der Waals surface area (Å²) in [6, 6.07) is 0. The Kier molecular flexibility index (Phi) is 7.76. The summed E-state index contributed by atoms with van der Waals surface area (Å²) in [7, 11) is 0. The molecule has 0 bridgehead atoms. The summed E-state index contributed by atoms with van der Waals surface area (Å²) >= 11 is 0. The van der Waals surface area contributed by atoms with Gasteiger partial charge in [0.1, 0.15) is 0 Å². The van der Waals surface area contributed by atoms with Gasteiger partial charge in [-0.25, -0.2) is 9.68 Å². The van der Waals surface area contributed by atoms with E-state index in [4.69, 9.17) is 20.6 Å². The third kappa shape index (κ3) is 15.6. The fourth-order valence-corrected chi connectivity index (χ4v) is 0.253. The predicted molar refractivity (Wildman–Crippen MR) is 49.4 cm³/mol. The normalized spacial score (nSPS) is 12.3. The molecule has 0 heterocycles. The highest BCUT2D eigenvalue weighted by Gasteiger charge is 2.16. The Balaban J connectivity index is 0. The summed E-state index contributed by atoms with van der Waals surface area (Å²) in [5, 5.41) is 32.0. The highest BCUT2D eigenvalue weighted by Crippen LogP contribution is 2.01. The number of rotatable bonds is 3. The number of aliphatic hydroxyl groups excluding tert-OH is 1. The maximum absolute atomic E-state index is 9.72. The molecule has 0 aliphatic carbocycles. The summed E-state index contributed by atoms with van der Waals surface area (Å²) in [5.74, 6) is -2.85. The molecule has 0 aromatic rings. The molecule has 0 aliphatic heterocycles. The predicted octanol–water partition coefficient (Wildman–Crippen LogP) is 0.181. The van der Waals surface area contributed by atoms with E-state index in [0.29, 0.717) is 0 Å². The minimum atomic E-state index is -1.79. The molecule has 0 aliphatic rings. The topological polar surface area (TPSA) is 124 Å². The number of aliphatic carboxylic acids is 2. The van der Waals surface area contributed by atoms with Crippen molar-refractivity contribution in [2.24, 2.45) is 0 Å². The maximum Gasteiger partial charge on any atom is 0.333 e. The monoisotopic (exact) mass is 224 g/mol. The van der Waals surface area contributed by atoms with Crippen LogP contribution in [0.1, 0.15) is 27.2 Å². The van der Waals surface area contributed by atoms with Crippen LogP contribution < -0.4 is 0 Å². The van der Waals surface area contributed by atoms with Gasteiger partial charge in [0, 0.05) is 0 Å². The second-order valence-corrected chi connectivity index (χ2v) is 3.66. The van der Waals surface area contributed by atoms with Gasteiger partial charge in [-0.15, -0.1) is 0 Å². The standard InChI is InChI=1S/C4H6O5.C4H10O2/c5-2(4(8)9)1-3(6)7;1-4(2,3)6-5/h2,5H,1H2,(H,6,7)(H,8,9);5H,1-3H3. The molecule has 7 heteroatoms. The number of hydrogen-bond acceptors (Lipinski definition) is 5. The first-order valence-corrected chi connectivity index (χ1v) is 4.05. The van der Waals surface area contributed by atoms with Crippen LogP contribution in [-0.2, 0) is 14.5 Å². The molecule has 0 amide bonds. The minimum absolute atomic E-state index is 0.403. The van der Waals surface area contributed by atoms with Crippen LogP contribution in [0.15, 0.2) is 0 Å². The van der Waals surface area contributed by atoms with Gasteiger partial charge in [-0.05, 0) is 20.8 Å². The molecule has 0 aromatic carbocycles. The molecule has 0 rings (SSSR count). The van der Waals surface area contributed by atoms with Crippen molar-refractivity contribution in [1.82, 2.24) is 0 Å². The van der Waals surface area contributed by atoms with Crippen LogP contribution >= 0.6 is 0 Å². The average molecular weight is 224 g/mol. The smallest absolute Gasteiger partial charge is 0.333 e. The molecule has 1 unspecified atom stereocenters. The maximum atomic E-state index is 9.72. The van der Waals surface area contributed by atoms with Crippen molar-refractivity contribution < 1.29 is 35.1 Å². The van der Waals surface area contributed by atoms with Gasteiger partial charge in [0.2, 0.25) is 0 Å². The summed E-state index contributed by atoms with van der Waals surface area (Å²) in [6.07, 6.45) is -2.54. The van der Waals surface area contributed by atoms with E-state index in [9.17, 15) is 9.59 Å². The highest BCUT2D eigenvalue weighted by atomic mass is 17.1. The van der Waals surface area contributed by atoms with Crippen LogP contribution in [0, 0.1) is 0 Å². The van der Waals surface area contributed by atoms with E-state index in [1.165, 1.54) is 0 Å². The molecule has 1 atom stereocenters. The van der Waals surface area contributed by atoms with Gasteiger partial charge in [-0.2, -0.15) is 0 Å². The fraction of sp³-hybridized carbons (Fsp3) is 0.750. The van der Waals surface area contributed by atoms with Crippen LogP contribution in [0.3, 0.4) is 0 Å². The first-order valence-electron chi connectivity index (χ1n) is 4.05. The lowest BCUT2D eigenvalue weighted by atomic mass is 10.2. The lowest BCUT2D eigenvalue weighted by molar-refractivity contribution is -0.306. The van der Waals surface area contributed by atoms with Gasteiger partial charge in [-0.1, -0.05) is 0 Å². The van der Waals surface area contributed by atoms with Gasteiger partial charge in [0.25, 0.3) is 0 Å². The number of carboxylic acid groups (broad SMARTS) is 2. The molecule has 90 valence electrons. The Bertz CT molecular complexity index is 206.